The number of esters is 1. The highest BCUT2D eigenvalue weighted by atomic mass is 16.5. The number of ketones is 1. The van der Waals surface area contributed by atoms with Crippen LogP contribution in [-0.2, 0) is 20.7 Å². The molecule has 4 N–H and O–H groups in total. The molecule has 3 rings (SSSR count). The van der Waals surface area contributed by atoms with Gasteiger partial charge >= 0.3 is 5.97 Å². The Balaban J connectivity index is 1.74. The minimum absolute atomic E-state index is 0.0183. The lowest BCUT2D eigenvalue weighted by molar-refractivity contribution is -0.147. The van der Waals surface area contributed by atoms with E-state index in [2.05, 4.69) is 0 Å². The van der Waals surface area contributed by atoms with Crippen molar-refractivity contribution in [1.29, 1.82) is 0 Å². The number of aliphatic hydroxyl groups is 2. The van der Waals surface area contributed by atoms with Crippen LogP contribution in [-0.4, -0.2) is 65.2 Å². The van der Waals surface area contributed by atoms with Crippen LogP contribution in [0.25, 0.3) is 0 Å². The molecule has 0 radical (unpaired) electrons. The third kappa shape index (κ3) is 9.93. The third-order valence-corrected chi connectivity index (χ3v) is 7.93. The number of rotatable bonds is 16. The molecule has 1 fully saturated rings. The molecule has 0 unspecified atom stereocenters. The second-order valence-electron chi connectivity index (χ2n) is 10.9. The Bertz CT molecular complexity index is 1130. The standard InChI is InChI=1S/C32H44O9/c1-21(35)41-27(9-6-23-7-10-30(38)32(17-23)40-15-14-34)19-26(36)20-28(24-5-3-4-22(16-24)12-13-33)25-8-11-29(37)31(18-25)39-2/h7-8,10-11,17-18,22,24,27-28,33-34,37-38H,3-6,9,12-16,19-20H2,1-2H3/t22-,24+,27-,28-/m1/s1. The van der Waals surface area contributed by atoms with E-state index < -0.39 is 12.1 Å². The van der Waals surface area contributed by atoms with Crippen LogP contribution in [0.4, 0.5) is 0 Å². The number of aromatic hydroxyl groups is 2. The SMILES string of the molecule is COc1cc([C@H](CC(=O)C[C@@H](CCc2ccc(O)c(OCCO)c2)OC(C)=O)[C@H]2CCC[C@H](CCO)C2)ccc1O. The van der Waals surface area contributed by atoms with Crippen molar-refractivity contribution in [1.82, 2.24) is 0 Å². The number of phenols is 2. The molecule has 0 bridgehead atoms. The minimum Gasteiger partial charge on any atom is -0.504 e. The lowest BCUT2D eigenvalue weighted by Crippen LogP contribution is -2.26. The Morgan fingerprint density at radius 1 is 0.976 bits per heavy atom. The predicted molar refractivity (Wildman–Crippen MR) is 153 cm³/mol. The molecular formula is C32H44O9. The average molecular weight is 573 g/mol. The first-order valence-electron chi connectivity index (χ1n) is 14.5. The van der Waals surface area contributed by atoms with Crippen LogP contribution in [0, 0.1) is 11.8 Å². The molecule has 4 atom stereocenters. The number of carbonyl (C=O) groups is 2. The molecule has 9 heteroatoms. The first-order valence-corrected chi connectivity index (χ1v) is 14.5. The molecule has 1 aliphatic carbocycles. The zero-order valence-corrected chi connectivity index (χ0v) is 24.1. The van der Waals surface area contributed by atoms with E-state index in [0.717, 1.165) is 43.2 Å². The number of methoxy groups -OCH3 is 1. The van der Waals surface area contributed by atoms with E-state index in [1.807, 2.05) is 6.07 Å². The number of benzene rings is 2. The summed E-state index contributed by atoms with van der Waals surface area (Å²) in [6.07, 6.45) is 5.35. The molecule has 1 aliphatic rings. The van der Waals surface area contributed by atoms with Crippen LogP contribution >= 0.6 is 0 Å². The Morgan fingerprint density at radius 3 is 2.44 bits per heavy atom. The van der Waals surface area contributed by atoms with Crippen LogP contribution in [0.1, 0.15) is 75.3 Å². The molecule has 0 aliphatic heterocycles. The van der Waals surface area contributed by atoms with Crippen LogP contribution in [0.5, 0.6) is 23.0 Å². The van der Waals surface area contributed by atoms with Gasteiger partial charge in [-0.3, -0.25) is 9.59 Å². The number of aryl methyl sites for hydroxylation is 1. The van der Waals surface area contributed by atoms with Crippen LogP contribution in [0.2, 0.25) is 0 Å². The largest absolute Gasteiger partial charge is 0.504 e. The van der Waals surface area contributed by atoms with Gasteiger partial charge in [0.15, 0.2) is 23.0 Å². The quantitative estimate of drug-likeness (QED) is 0.211. The van der Waals surface area contributed by atoms with Crippen molar-refractivity contribution in [3.63, 3.8) is 0 Å². The Morgan fingerprint density at radius 2 is 1.73 bits per heavy atom. The zero-order chi connectivity index (χ0) is 29.8. The van der Waals surface area contributed by atoms with Gasteiger partial charge in [-0.05, 0) is 85.3 Å². The maximum Gasteiger partial charge on any atom is 0.302 e. The summed E-state index contributed by atoms with van der Waals surface area (Å²) in [6.45, 7) is 1.35. The number of phenolic OH excluding ortho intramolecular Hbond substituents is 2. The van der Waals surface area contributed by atoms with E-state index in [1.165, 1.54) is 20.1 Å². The first-order chi connectivity index (χ1) is 19.7. The number of carbonyl (C=O) groups excluding carboxylic acids is 2. The number of hydrogen-bond acceptors (Lipinski definition) is 9. The fourth-order valence-corrected chi connectivity index (χ4v) is 5.96. The summed E-state index contributed by atoms with van der Waals surface area (Å²) < 4.78 is 16.3. The number of Topliss-reactive ketones (excluding diaryl/α,β-unsaturated/α-hetero) is 1. The Labute approximate surface area is 242 Å². The lowest BCUT2D eigenvalue weighted by Gasteiger charge is -2.35. The molecule has 226 valence electrons. The van der Waals surface area contributed by atoms with E-state index >= 15 is 0 Å². The van der Waals surface area contributed by atoms with Crippen LogP contribution in [0.3, 0.4) is 0 Å². The molecule has 1 saturated carbocycles. The lowest BCUT2D eigenvalue weighted by atomic mass is 9.70. The second-order valence-corrected chi connectivity index (χ2v) is 10.9. The summed E-state index contributed by atoms with van der Waals surface area (Å²) in [7, 11) is 1.50. The highest BCUT2D eigenvalue weighted by molar-refractivity contribution is 5.80. The van der Waals surface area contributed by atoms with E-state index in [4.69, 9.17) is 19.3 Å². The van der Waals surface area contributed by atoms with Crippen molar-refractivity contribution < 1.29 is 44.2 Å². The second kappa shape index (κ2) is 16.2. The molecule has 9 nitrogen and oxygen atoms in total. The monoisotopic (exact) mass is 572 g/mol. The smallest absolute Gasteiger partial charge is 0.302 e. The minimum atomic E-state index is -0.612. The van der Waals surface area contributed by atoms with Crippen molar-refractivity contribution in [2.24, 2.45) is 11.8 Å². The van der Waals surface area contributed by atoms with Gasteiger partial charge in [0, 0.05) is 26.4 Å². The Hall–Kier alpha value is -3.30. The molecule has 0 heterocycles. The summed E-state index contributed by atoms with van der Waals surface area (Å²) >= 11 is 0. The van der Waals surface area contributed by atoms with E-state index in [9.17, 15) is 24.9 Å². The summed E-state index contributed by atoms with van der Waals surface area (Å²) in [5.74, 6) is 0.690. The highest BCUT2D eigenvalue weighted by Gasteiger charge is 2.32. The summed E-state index contributed by atoms with van der Waals surface area (Å²) in [6, 6.07) is 10.2. The van der Waals surface area contributed by atoms with Gasteiger partial charge in [0.1, 0.15) is 18.5 Å². The van der Waals surface area contributed by atoms with Gasteiger partial charge in [-0.25, -0.2) is 0 Å². The maximum absolute atomic E-state index is 13.5. The number of aliphatic hydroxyl groups excluding tert-OH is 2. The molecule has 0 saturated heterocycles. The van der Waals surface area contributed by atoms with Gasteiger partial charge in [0.05, 0.1) is 13.7 Å². The Kier molecular flexibility index (Phi) is 12.7. The average Bonchev–Trinajstić information content (AvgIpc) is 2.95. The molecule has 2 aromatic rings. The summed E-state index contributed by atoms with van der Waals surface area (Å²) in [5.41, 5.74) is 1.76. The fraction of sp³-hybridized carbons (Fsp3) is 0.562. The van der Waals surface area contributed by atoms with Crippen LogP contribution in [0.15, 0.2) is 36.4 Å². The van der Waals surface area contributed by atoms with Gasteiger partial charge in [-0.15, -0.1) is 0 Å². The van der Waals surface area contributed by atoms with Crippen molar-refractivity contribution in [3.8, 4) is 23.0 Å². The molecule has 0 aromatic heterocycles. The van der Waals surface area contributed by atoms with Gasteiger partial charge in [-0.1, -0.05) is 25.0 Å². The highest BCUT2D eigenvalue weighted by Crippen LogP contribution is 2.43. The maximum atomic E-state index is 13.5. The summed E-state index contributed by atoms with van der Waals surface area (Å²) in [5, 5.41) is 38.7. The van der Waals surface area contributed by atoms with Crippen molar-refractivity contribution >= 4 is 11.8 Å². The third-order valence-electron chi connectivity index (χ3n) is 7.93. The molecule has 41 heavy (non-hydrogen) atoms. The van der Waals surface area contributed by atoms with Crippen molar-refractivity contribution in [2.45, 2.75) is 76.7 Å². The van der Waals surface area contributed by atoms with E-state index in [-0.39, 0.29) is 67.5 Å². The number of ether oxygens (including phenoxy) is 3. The fourth-order valence-electron chi connectivity index (χ4n) is 5.96. The van der Waals surface area contributed by atoms with Gasteiger partial charge in [0.2, 0.25) is 0 Å². The molecule has 0 amide bonds. The molecule has 2 aromatic carbocycles. The van der Waals surface area contributed by atoms with Gasteiger partial charge in [0.25, 0.3) is 0 Å². The molecule has 0 spiro atoms. The van der Waals surface area contributed by atoms with Crippen molar-refractivity contribution in [3.05, 3.63) is 47.5 Å². The van der Waals surface area contributed by atoms with Crippen LogP contribution < -0.4 is 9.47 Å². The van der Waals surface area contributed by atoms with Gasteiger partial charge in [-0.2, -0.15) is 0 Å². The van der Waals surface area contributed by atoms with E-state index in [0.29, 0.717) is 24.5 Å². The van der Waals surface area contributed by atoms with Crippen molar-refractivity contribution in [2.75, 3.05) is 26.9 Å². The van der Waals surface area contributed by atoms with Gasteiger partial charge < -0.3 is 34.6 Å². The predicted octanol–water partition coefficient (Wildman–Crippen LogP) is 4.66. The first kappa shape index (κ1) is 32.2. The van der Waals surface area contributed by atoms with E-state index in [1.54, 1.807) is 24.3 Å². The topological polar surface area (TPSA) is 143 Å². The zero-order valence-electron chi connectivity index (χ0n) is 24.1. The normalized spacial score (nSPS) is 18.3. The molecular weight excluding hydrogens is 528 g/mol. The summed E-state index contributed by atoms with van der Waals surface area (Å²) in [4.78, 5) is 25.4. The number of hydrogen-bond donors (Lipinski definition) is 4.